The molecule has 0 saturated carbocycles. The molecule has 3 heterocycles. The molecule has 0 aliphatic carbocycles. The third-order valence-electron chi connectivity index (χ3n) is 5.97. The first kappa shape index (κ1) is 19.0. The molecule has 3 fully saturated rings. The van der Waals surface area contributed by atoms with Gasteiger partial charge in [0.25, 0.3) is 0 Å². The zero-order valence-corrected chi connectivity index (χ0v) is 16.3. The third kappa shape index (κ3) is 3.56. The van der Waals surface area contributed by atoms with Crippen LogP contribution in [0.1, 0.15) is 18.4 Å². The number of fused-ring (bicyclic) bond motifs is 2. The Hall–Kier alpha value is -1.34. The number of amides is 1. The van der Waals surface area contributed by atoms with E-state index in [1.54, 1.807) is 4.90 Å². The first-order valence-electron chi connectivity index (χ1n) is 9.28. The number of benzene rings is 1. The van der Waals surface area contributed by atoms with E-state index in [2.05, 4.69) is 4.90 Å². The van der Waals surface area contributed by atoms with Crippen molar-refractivity contribution in [3.8, 4) is 0 Å². The minimum atomic E-state index is -0.924. The Morgan fingerprint density at radius 2 is 1.63 bits per heavy atom. The molecule has 1 N–H and O–H groups in total. The van der Waals surface area contributed by atoms with E-state index in [1.807, 2.05) is 18.2 Å². The molecule has 8 heteroatoms. The molecule has 3 aliphatic rings. The van der Waals surface area contributed by atoms with Gasteiger partial charge in [-0.25, -0.2) is 0 Å². The summed E-state index contributed by atoms with van der Waals surface area (Å²) >= 11 is 12.5. The summed E-state index contributed by atoms with van der Waals surface area (Å²) in [7, 11) is 0. The Bertz CT molecular complexity index is 731. The summed E-state index contributed by atoms with van der Waals surface area (Å²) in [5, 5.41) is 10.8. The van der Waals surface area contributed by atoms with Crippen LogP contribution in [-0.4, -0.2) is 65.2 Å². The first-order valence-corrected chi connectivity index (χ1v) is 10.0. The summed E-state index contributed by atoms with van der Waals surface area (Å²) in [6.07, 6.45) is 0.946. The molecule has 1 aromatic carbocycles. The zero-order valence-electron chi connectivity index (χ0n) is 14.8. The van der Waals surface area contributed by atoms with Crippen molar-refractivity contribution < 1.29 is 19.4 Å². The van der Waals surface area contributed by atoms with Crippen molar-refractivity contribution in [3.63, 3.8) is 0 Å². The predicted molar refractivity (Wildman–Crippen MR) is 101 cm³/mol. The second kappa shape index (κ2) is 7.59. The fourth-order valence-electron chi connectivity index (χ4n) is 4.55. The fraction of sp³-hybridized carbons (Fsp3) is 0.579. The number of halogens is 2. The third-order valence-corrected chi connectivity index (χ3v) is 6.68. The Balaban J connectivity index is 1.38. The summed E-state index contributed by atoms with van der Waals surface area (Å²) < 4.78 is 5.73. The van der Waals surface area contributed by atoms with Crippen molar-refractivity contribution in [1.82, 2.24) is 9.80 Å². The lowest BCUT2D eigenvalue weighted by molar-refractivity contribution is -0.151. The van der Waals surface area contributed by atoms with Crippen LogP contribution in [-0.2, 0) is 20.9 Å². The van der Waals surface area contributed by atoms with Crippen molar-refractivity contribution in [3.05, 3.63) is 33.8 Å². The topological polar surface area (TPSA) is 70.1 Å². The van der Waals surface area contributed by atoms with Crippen molar-refractivity contribution in [1.29, 1.82) is 0 Å². The smallest absolute Gasteiger partial charge is 0.310 e. The van der Waals surface area contributed by atoms with Gasteiger partial charge in [0.2, 0.25) is 5.91 Å². The number of carbonyl (C=O) groups is 2. The standard InChI is InChI=1S/C19H22Cl2N2O4/c20-12-2-1-3-13(21)11(12)10-22-6-8-23(9-7-22)18(24)16-14-4-5-15(27-14)17(16)19(25)26/h1-3,14-17H,4-10H2,(H,25,26)/t14-,15+,16+,17-/m1/s1. The van der Waals surface area contributed by atoms with E-state index in [0.717, 1.165) is 18.4 Å². The van der Waals surface area contributed by atoms with Crippen molar-refractivity contribution in [2.75, 3.05) is 26.2 Å². The van der Waals surface area contributed by atoms with Crippen LogP contribution in [0.25, 0.3) is 0 Å². The normalized spacial score (nSPS) is 30.7. The second-order valence-corrected chi connectivity index (χ2v) is 8.30. The van der Waals surface area contributed by atoms with Crippen LogP contribution >= 0.6 is 23.2 Å². The Labute approximate surface area is 168 Å². The van der Waals surface area contributed by atoms with E-state index in [9.17, 15) is 14.7 Å². The van der Waals surface area contributed by atoms with Crippen LogP contribution in [0.15, 0.2) is 18.2 Å². The maximum Gasteiger partial charge on any atom is 0.310 e. The highest BCUT2D eigenvalue weighted by Crippen LogP contribution is 2.44. The van der Waals surface area contributed by atoms with Crippen LogP contribution in [0.2, 0.25) is 10.0 Å². The summed E-state index contributed by atoms with van der Waals surface area (Å²) in [5.41, 5.74) is 0.896. The molecule has 27 heavy (non-hydrogen) atoms. The highest BCUT2D eigenvalue weighted by Gasteiger charge is 2.56. The molecule has 3 aliphatic heterocycles. The minimum Gasteiger partial charge on any atom is -0.481 e. The van der Waals surface area contributed by atoms with Gasteiger partial charge in [0, 0.05) is 48.3 Å². The molecule has 4 rings (SSSR count). The van der Waals surface area contributed by atoms with E-state index < -0.39 is 17.8 Å². The number of carboxylic acids is 1. The van der Waals surface area contributed by atoms with E-state index in [1.165, 1.54) is 0 Å². The van der Waals surface area contributed by atoms with Gasteiger partial charge in [-0.15, -0.1) is 0 Å². The van der Waals surface area contributed by atoms with E-state index in [-0.39, 0.29) is 18.1 Å². The van der Waals surface area contributed by atoms with Gasteiger partial charge in [-0.05, 0) is 25.0 Å². The number of hydrogen-bond donors (Lipinski definition) is 1. The van der Waals surface area contributed by atoms with Gasteiger partial charge in [-0.2, -0.15) is 0 Å². The fourth-order valence-corrected chi connectivity index (χ4v) is 5.07. The molecule has 1 aromatic rings. The van der Waals surface area contributed by atoms with Crippen LogP contribution in [0.4, 0.5) is 0 Å². The molecule has 3 saturated heterocycles. The van der Waals surface area contributed by atoms with Crippen molar-refractivity contribution in [2.24, 2.45) is 11.8 Å². The number of ether oxygens (including phenoxy) is 1. The molecule has 0 spiro atoms. The molecule has 1 amide bonds. The lowest BCUT2D eigenvalue weighted by Gasteiger charge is -2.37. The molecule has 6 nitrogen and oxygen atoms in total. The van der Waals surface area contributed by atoms with Gasteiger partial charge >= 0.3 is 5.97 Å². The van der Waals surface area contributed by atoms with Crippen LogP contribution in [0.3, 0.4) is 0 Å². The number of carbonyl (C=O) groups excluding carboxylic acids is 1. The molecule has 0 aromatic heterocycles. The molecular weight excluding hydrogens is 391 g/mol. The largest absolute Gasteiger partial charge is 0.481 e. The number of rotatable bonds is 4. The van der Waals surface area contributed by atoms with Crippen LogP contribution < -0.4 is 0 Å². The maximum atomic E-state index is 13.0. The highest BCUT2D eigenvalue weighted by molar-refractivity contribution is 6.35. The van der Waals surface area contributed by atoms with Crippen LogP contribution in [0, 0.1) is 11.8 Å². The zero-order chi connectivity index (χ0) is 19.1. The molecule has 0 unspecified atom stereocenters. The van der Waals surface area contributed by atoms with Crippen molar-refractivity contribution in [2.45, 2.75) is 31.6 Å². The number of carboxylic acid groups (broad SMARTS) is 1. The van der Waals surface area contributed by atoms with Gasteiger partial charge < -0.3 is 14.7 Å². The lowest BCUT2D eigenvalue weighted by Crippen LogP contribution is -2.53. The Morgan fingerprint density at radius 3 is 2.22 bits per heavy atom. The molecular formula is C19H22Cl2N2O4. The van der Waals surface area contributed by atoms with Gasteiger partial charge in [-0.1, -0.05) is 29.3 Å². The average Bonchev–Trinajstić information content (AvgIpc) is 3.26. The average molecular weight is 413 g/mol. The van der Waals surface area contributed by atoms with Crippen molar-refractivity contribution >= 4 is 35.1 Å². The van der Waals surface area contributed by atoms with E-state index in [0.29, 0.717) is 42.8 Å². The predicted octanol–water partition coefficient (Wildman–Crippen LogP) is 2.52. The summed E-state index contributed by atoms with van der Waals surface area (Å²) in [6, 6.07) is 5.47. The molecule has 0 radical (unpaired) electrons. The highest BCUT2D eigenvalue weighted by atomic mass is 35.5. The molecule has 146 valence electrons. The monoisotopic (exact) mass is 412 g/mol. The second-order valence-electron chi connectivity index (χ2n) is 7.48. The van der Waals surface area contributed by atoms with Gasteiger partial charge in [-0.3, -0.25) is 14.5 Å². The quantitative estimate of drug-likeness (QED) is 0.822. The summed E-state index contributed by atoms with van der Waals surface area (Å²) in [4.78, 5) is 28.6. The lowest BCUT2D eigenvalue weighted by atomic mass is 9.78. The molecule has 4 atom stereocenters. The van der Waals surface area contributed by atoms with Crippen LogP contribution in [0.5, 0.6) is 0 Å². The Kier molecular flexibility index (Phi) is 5.34. The molecule has 2 bridgehead atoms. The van der Waals surface area contributed by atoms with Gasteiger partial charge in [0.15, 0.2) is 0 Å². The number of piperazine rings is 1. The number of aliphatic carboxylic acids is 1. The first-order chi connectivity index (χ1) is 13.0. The van der Waals surface area contributed by atoms with E-state index >= 15 is 0 Å². The number of hydrogen-bond acceptors (Lipinski definition) is 4. The summed E-state index contributed by atoms with van der Waals surface area (Å²) in [5.74, 6) is -2.26. The minimum absolute atomic E-state index is 0.0787. The SMILES string of the molecule is O=C(O)[C@H]1[C@@H](C(=O)N2CCN(Cc3c(Cl)cccc3Cl)CC2)[C@H]2CC[C@@H]1O2. The van der Waals surface area contributed by atoms with Gasteiger partial charge in [0.05, 0.1) is 24.0 Å². The summed E-state index contributed by atoms with van der Waals surface area (Å²) in [6.45, 7) is 3.18. The number of nitrogens with zero attached hydrogens (tertiary/aromatic N) is 2. The Morgan fingerprint density at radius 1 is 1.04 bits per heavy atom. The van der Waals surface area contributed by atoms with E-state index in [4.69, 9.17) is 27.9 Å². The maximum absolute atomic E-state index is 13.0. The van der Waals surface area contributed by atoms with Gasteiger partial charge in [0.1, 0.15) is 0 Å².